The van der Waals surface area contributed by atoms with Crippen LogP contribution >= 0.6 is 0 Å². The standard InChI is InChI=1S/C18H26F2N4O2/c1-18(2,3)26-15(25)10-22-17(21-4)23-12-8-9-24(11-12)16-13(19)6-5-7-14(16)20/h5-7,12H,8-11H2,1-4H3,(H2,21,22,23). The molecular weight excluding hydrogens is 342 g/mol. The summed E-state index contributed by atoms with van der Waals surface area (Å²) in [6, 6.07) is 3.81. The highest BCUT2D eigenvalue weighted by atomic mass is 19.1. The average Bonchev–Trinajstić information content (AvgIpc) is 2.97. The van der Waals surface area contributed by atoms with Crippen molar-refractivity contribution in [1.29, 1.82) is 0 Å². The number of ether oxygens (including phenoxy) is 1. The maximum absolute atomic E-state index is 13.9. The lowest BCUT2D eigenvalue weighted by molar-refractivity contribution is -0.153. The zero-order valence-electron chi connectivity index (χ0n) is 15.6. The Bertz CT molecular complexity index is 653. The molecule has 0 radical (unpaired) electrons. The van der Waals surface area contributed by atoms with E-state index in [2.05, 4.69) is 15.6 Å². The Labute approximate surface area is 152 Å². The number of carbonyl (C=O) groups excluding carboxylic acids is 1. The second-order valence-electron chi connectivity index (χ2n) is 7.16. The van der Waals surface area contributed by atoms with Crippen molar-refractivity contribution in [3.63, 3.8) is 0 Å². The molecule has 1 aromatic carbocycles. The summed E-state index contributed by atoms with van der Waals surface area (Å²) in [4.78, 5) is 17.5. The second kappa shape index (κ2) is 8.33. The molecule has 1 aliphatic heterocycles. The second-order valence-corrected chi connectivity index (χ2v) is 7.16. The van der Waals surface area contributed by atoms with Crippen molar-refractivity contribution in [2.75, 3.05) is 31.6 Å². The molecule has 0 aliphatic carbocycles. The first kappa shape index (κ1) is 19.9. The number of esters is 1. The van der Waals surface area contributed by atoms with Gasteiger partial charge in [-0.05, 0) is 39.3 Å². The Hall–Kier alpha value is -2.38. The molecule has 0 spiro atoms. The summed E-state index contributed by atoms with van der Waals surface area (Å²) in [6.45, 7) is 6.34. The van der Waals surface area contributed by atoms with Gasteiger partial charge in [0.2, 0.25) is 0 Å². The minimum atomic E-state index is -0.571. The van der Waals surface area contributed by atoms with Crippen LogP contribution in [0.5, 0.6) is 0 Å². The minimum absolute atomic E-state index is 0.00602. The van der Waals surface area contributed by atoms with Crippen molar-refractivity contribution in [1.82, 2.24) is 10.6 Å². The van der Waals surface area contributed by atoms with E-state index in [4.69, 9.17) is 4.74 Å². The zero-order chi connectivity index (χ0) is 19.3. The molecule has 1 aromatic rings. The van der Waals surface area contributed by atoms with Gasteiger partial charge in [-0.15, -0.1) is 0 Å². The van der Waals surface area contributed by atoms with Crippen LogP contribution in [0.4, 0.5) is 14.5 Å². The molecule has 2 N–H and O–H groups in total. The lowest BCUT2D eigenvalue weighted by Gasteiger charge is -2.22. The van der Waals surface area contributed by atoms with Gasteiger partial charge < -0.3 is 20.3 Å². The molecule has 144 valence electrons. The normalized spacial score (nSPS) is 18.0. The summed E-state index contributed by atoms with van der Waals surface area (Å²) in [6.07, 6.45) is 0.695. The third-order valence-electron chi connectivity index (χ3n) is 3.83. The molecule has 8 heteroatoms. The molecule has 1 atom stereocenters. The highest BCUT2D eigenvalue weighted by Gasteiger charge is 2.27. The fraction of sp³-hybridized carbons (Fsp3) is 0.556. The first-order chi connectivity index (χ1) is 12.2. The molecule has 2 rings (SSSR count). The molecule has 0 amide bonds. The summed E-state index contributed by atoms with van der Waals surface area (Å²) in [5, 5.41) is 6.06. The van der Waals surface area contributed by atoms with Crippen LogP contribution in [-0.2, 0) is 9.53 Å². The van der Waals surface area contributed by atoms with Crippen LogP contribution in [0.25, 0.3) is 0 Å². The predicted octanol–water partition coefficient (Wildman–Crippen LogP) is 2.05. The van der Waals surface area contributed by atoms with E-state index < -0.39 is 17.2 Å². The van der Waals surface area contributed by atoms with Crippen LogP contribution in [0.1, 0.15) is 27.2 Å². The molecule has 1 fully saturated rings. The number of halogens is 2. The minimum Gasteiger partial charge on any atom is -0.459 e. The third-order valence-corrected chi connectivity index (χ3v) is 3.83. The van der Waals surface area contributed by atoms with E-state index in [-0.39, 0.29) is 24.2 Å². The van der Waals surface area contributed by atoms with Crippen LogP contribution in [0, 0.1) is 11.6 Å². The number of aliphatic imine (C=N–C) groups is 1. The predicted molar refractivity (Wildman–Crippen MR) is 97.3 cm³/mol. The maximum Gasteiger partial charge on any atom is 0.325 e. The molecule has 1 saturated heterocycles. The van der Waals surface area contributed by atoms with Crippen molar-refractivity contribution in [3.8, 4) is 0 Å². The summed E-state index contributed by atoms with van der Waals surface area (Å²) in [5.41, 5.74) is -0.556. The van der Waals surface area contributed by atoms with Gasteiger partial charge in [-0.2, -0.15) is 0 Å². The van der Waals surface area contributed by atoms with Crippen molar-refractivity contribution in [3.05, 3.63) is 29.8 Å². The van der Waals surface area contributed by atoms with Gasteiger partial charge in [0.05, 0.1) is 0 Å². The zero-order valence-corrected chi connectivity index (χ0v) is 15.6. The van der Waals surface area contributed by atoms with Gasteiger partial charge in [0.15, 0.2) is 5.96 Å². The van der Waals surface area contributed by atoms with E-state index in [1.807, 2.05) is 0 Å². The molecule has 0 saturated carbocycles. The van der Waals surface area contributed by atoms with Gasteiger partial charge in [0.25, 0.3) is 0 Å². The van der Waals surface area contributed by atoms with Gasteiger partial charge in [0.1, 0.15) is 29.5 Å². The Kier molecular flexibility index (Phi) is 6.39. The monoisotopic (exact) mass is 368 g/mol. The molecule has 1 heterocycles. The lowest BCUT2D eigenvalue weighted by atomic mass is 10.2. The Morgan fingerprint density at radius 1 is 1.35 bits per heavy atom. The van der Waals surface area contributed by atoms with Crippen molar-refractivity contribution in [2.24, 2.45) is 4.99 Å². The SMILES string of the molecule is CN=C(NCC(=O)OC(C)(C)C)NC1CCN(c2c(F)cccc2F)C1. The van der Waals surface area contributed by atoms with Crippen LogP contribution < -0.4 is 15.5 Å². The Balaban J connectivity index is 1.88. The summed E-state index contributed by atoms with van der Waals surface area (Å²) in [5.74, 6) is -1.09. The lowest BCUT2D eigenvalue weighted by Crippen LogP contribution is -2.46. The first-order valence-corrected chi connectivity index (χ1v) is 8.57. The third kappa shape index (κ3) is 5.57. The van der Waals surface area contributed by atoms with E-state index >= 15 is 0 Å². The quantitative estimate of drug-likeness (QED) is 0.484. The number of hydrogen-bond donors (Lipinski definition) is 2. The topological polar surface area (TPSA) is 66.0 Å². The van der Waals surface area contributed by atoms with Crippen molar-refractivity contribution < 1.29 is 18.3 Å². The van der Waals surface area contributed by atoms with E-state index in [9.17, 15) is 13.6 Å². The van der Waals surface area contributed by atoms with Gasteiger partial charge in [-0.25, -0.2) is 8.78 Å². The molecule has 0 aromatic heterocycles. The van der Waals surface area contributed by atoms with Gasteiger partial charge in [0, 0.05) is 26.2 Å². The first-order valence-electron chi connectivity index (χ1n) is 8.57. The molecule has 26 heavy (non-hydrogen) atoms. The average molecular weight is 368 g/mol. The van der Waals surface area contributed by atoms with Crippen LogP contribution in [0.3, 0.4) is 0 Å². The Morgan fingerprint density at radius 3 is 2.58 bits per heavy atom. The molecular formula is C18H26F2N4O2. The number of hydrogen-bond acceptors (Lipinski definition) is 4. The highest BCUT2D eigenvalue weighted by Crippen LogP contribution is 2.26. The molecule has 0 bridgehead atoms. The van der Waals surface area contributed by atoms with Crippen LogP contribution in [-0.4, -0.2) is 50.3 Å². The molecule has 1 aliphatic rings. The number of guanidine groups is 1. The summed E-state index contributed by atoms with van der Waals surface area (Å²) < 4.78 is 33.1. The maximum atomic E-state index is 13.9. The fourth-order valence-electron chi connectivity index (χ4n) is 2.79. The van der Waals surface area contributed by atoms with Crippen molar-refractivity contribution in [2.45, 2.75) is 38.8 Å². The smallest absolute Gasteiger partial charge is 0.325 e. The number of rotatable bonds is 4. The van der Waals surface area contributed by atoms with Gasteiger partial charge >= 0.3 is 5.97 Å². The van der Waals surface area contributed by atoms with E-state index in [1.54, 1.807) is 32.7 Å². The van der Waals surface area contributed by atoms with Crippen molar-refractivity contribution >= 4 is 17.6 Å². The number of para-hydroxylation sites is 1. The largest absolute Gasteiger partial charge is 0.459 e. The Morgan fingerprint density at radius 2 is 2.00 bits per heavy atom. The van der Waals surface area contributed by atoms with Gasteiger partial charge in [-0.3, -0.25) is 9.79 Å². The number of nitrogens with one attached hydrogen (secondary N) is 2. The van der Waals surface area contributed by atoms with Crippen LogP contribution in [0.2, 0.25) is 0 Å². The molecule has 6 nitrogen and oxygen atoms in total. The van der Waals surface area contributed by atoms with E-state index in [1.165, 1.54) is 18.2 Å². The van der Waals surface area contributed by atoms with Gasteiger partial charge in [-0.1, -0.05) is 6.07 Å². The highest BCUT2D eigenvalue weighted by molar-refractivity contribution is 5.84. The number of carbonyl (C=O) groups is 1. The van der Waals surface area contributed by atoms with E-state index in [0.717, 1.165) is 0 Å². The van der Waals surface area contributed by atoms with Crippen LogP contribution in [0.15, 0.2) is 23.2 Å². The summed E-state index contributed by atoms with van der Waals surface area (Å²) >= 11 is 0. The number of nitrogens with zero attached hydrogens (tertiary/aromatic N) is 2. The number of anilines is 1. The fourth-order valence-corrected chi connectivity index (χ4v) is 2.79. The molecule has 1 unspecified atom stereocenters. The number of benzene rings is 1. The summed E-state index contributed by atoms with van der Waals surface area (Å²) in [7, 11) is 1.59. The van der Waals surface area contributed by atoms with E-state index in [0.29, 0.717) is 25.5 Å².